The first kappa shape index (κ1) is 22.2. The van der Waals surface area contributed by atoms with Crippen LogP contribution < -0.4 is 0 Å². The molecule has 2 N–H and O–H groups in total. The molecule has 1 aromatic carbocycles. The summed E-state index contributed by atoms with van der Waals surface area (Å²) in [5.41, 5.74) is 0.830. The van der Waals surface area contributed by atoms with Gasteiger partial charge < -0.3 is 10.2 Å². The molecule has 144 valence electrons. The van der Waals surface area contributed by atoms with Gasteiger partial charge in [-0.1, -0.05) is 96.1 Å². The first-order valence-electron chi connectivity index (χ1n) is 10.3. The molecule has 0 fully saturated rings. The Morgan fingerprint density at radius 2 is 1.28 bits per heavy atom. The van der Waals surface area contributed by atoms with Crippen LogP contribution in [0.5, 0.6) is 11.5 Å². The summed E-state index contributed by atoms with van der Waals surface area (Å²) in [7, 11) is 0. The minimum absolute atomic E-state index is 0.0619. The minimum atomic E-state index is 0.0619. The highest BCUT2D eigenvalue weighted by atomic mass is 35.5. The van der Waals surface area contributed by atoms with Crippen molar-refractivity contribution in [3.63, 3.8) is 0 Å². The second-order valence-electron chi connectivity index (χ2n) is 7.29. The van der Waals surface area contributed by atoms with Gasteiger partial charge in [-0.25, -0.2) is 0 Å². The number of aromatic hydroxyl groups is 2. The Morgan fingerprint density at radius 1 is 0.760 bits per heavy atom. The van der Waals surface area contributed by atoms with Gasteiger partial charge in [0.05, 0.1) is 5.02 Å². The summed E-state index contributed by atoms with van der Waals surface area (Å²) in [6.07, 6.45) is 16.8. The van der Waals surface area contributed by atoms with Crippen LogP contribution in [0, 0.1) is 0 Å². The number of rotatable bonds is 14. The zero-order valence-electron chi connectivity index (χ0n) is 16.2. The summed E-state index contributed by atoms with van der Waals surface area (Å²) in [6.45, 7) is 4.40. The van der Waals surface area contributed by atoms with E-state index in [1.54, 1.807) is 6.07 Å². The lowest BCUT2D eigenvalue weighted by atomic mass is 9.90. The zero-order chi connectivity index (χ0) is 18.5. The van der Waals surface area contributed by atoms with Gasteiger partial charge in [0.1, 0.15) is 11.5 Å². The van der Waals surface area contributed by atoms with Gasteiger partial charge in [0.2, 0.25) is 0 Å². The maximum absolute atomic E-state index is 10.1. The van der Waals surface area contributed by atoms with Gasteiger partial charge in [0.25, 0.3) is 0 Å². The SMILES string of the molecule is CCCCCCCCCCCCCC(CC)c1cc(O)c(Cl)cc1O. The number of hydrogen-bond acceptors (Lipinski definition) is 2. The monoisotopic (exact) mass is 368 g/mol. The number of benzene rings is 1. The third-order valence-electron chi connectivity index (χ3n) is 5.18. The zero-order valence-corrected chi connectivity index (χ0v) is 17.0. The lowest BCUT2D eigenvalue weighted by Crippen LogP contribution is -1.98. The topological polar surface area (TPSA) is 40.5 Å². The molecule has 0 amide bonds. The summed E-state index contributed by atoms with van der Waals surface area (Å²) in [4.78, 5) is 0. The summed E-state index contributed by atoms with van der Waals surface area (Å²) in [5, 5.41) is 20.1. The average Bonchev–Trinajstić information content (AvgIpc) is 2.60. The van der Waals surface area contributed by atoms with Crippen LogP contribution in [0.4, 0.5) is 0 Å². The van der Waals surface area contributed by atoms with Gasteiger partial charge in [-0.2, -0.15) is 0 Å². The van der Waals surface area contributed by atoms with Gasteiger partial charge in [-0.15, -0.1) is 0 Å². The molecule has 3 heteroatoms. The maximum atomic E-state index is 10.1. The molecule has 0 heterocycles. The molecule has 1 rings (SSSR count). The molecule has 0 aliphatic rings. The molecule has 2 nitrogen and oxygen atoms in total. The van der Waals surface area contributed by atoms with Crippen LogP contribution in [0.3, 0.4) is 0 Å². The molecular formula is C22H37ClO2. The molecular weight excluding hydrogens is 332 g/mol. The normalized spacial score (nSPS) is 12.4. The maximum Gasteiger partial charge on any atom is 0.134 e. The lowest BCUT2D eigenvalue weighted by Gasteiger charge is -2.17. The summed E-state index contributed by atoms with van der Waals surface area (Å²) >= 11 is 5.85. The van der Waals surface area contributed by atoms with E-state index in [0.717, 1.165) is 18.4 Å². The first-order valence-corrected chi connectivity index (χ1v) is 10.7. The molecule has 0 bridgehead atoms. The molecule has 1 atom stereocenters. The van der Waals surface area contributed by atoms with Gasteiger partial charge in [-0.3, -0.25) is 0 Å². The van der Waals surface area contributed by atoms with Crippen molar-refractivity contribution in [2.45, 2.75) is 103 Å². The molecule has 1 aromatic rings. The Hall–Kier alpha value is -0.890. The number of phenols is 2. The van der Waals surface area contributed by atoms with E-state index in [9.17, 15) is 10.2 Å². The van der Waals surface area contributed by atoms with Crippen molar-refractivity contribution in [2.24, 2.45) is 0 Å². The first-order chi connectivity index (χ1) is 12.1. The van der Waals surface area contributed by atoms with Crippen molar-refractivity contribution in [1.82, 2.24) is 0 Å². The van der Waals surface area contributed by atoms with E-state index in [-0.39, 0.29) is 16.5 Å². The van der Waals surface area contributed by atoms with Gasteiger partial charge in [0.15, 0.2) is 0 Å². The van der Waals surface area contributed by atoms with Crippen molar-refractivity contribution >= 4 is 11.6 Å². The standard InChI is InChI=1S/C22H37ClO2/c1-3-5-6-7-8-9-10-11-12-13-14-15-18(4-2)19-16-22(25)20(23)17-21(19)24/h16-18,24-25H,3-15H2,1-2H3. The minimum Gasteiger partial charge on any atom is -0.508 e. The number of hydrogen-bond donors (Lipinski definition) is 2. The van der Waals surface area contributed by atoms with Crippen molar-refractivity contribution in [3.8, 4) is 11.5 Å². The van der Waals surface area contributed by atoms with Crippen LogP contribution in [0.15, 0.2) is 12.1 Å². The lowest BCUT2D eigenvalue weighted by molar-refractivity contribution is 0.439. The molecule has 0 aromatic heterocycles. The third kappa shape index (κ3) is 8.85. The third-order valence-corrected chi connectivity index (χ3v) is 5.49. The average molecular weight is 369 g/mol. The Balaban J connectivity index is 2.17. The van der Waals surface area contributed by atoms with Crippen LogP contribution in [-0.2, 0) is 0 Å². The van der Waals surface area contributed by atoms with Crippen LogP contribution in [0.25, 0.3) is 0 Å². The summed E-state index contributed by atoms with van der Waals surface area (Å²) in [5.74, 6) is 0.561. The van der Waals surface area contributed by atoms with E-state index in [0.29, 0.717) is 5.92 Å². The number of unbranched alkanes of at least 4 members (excludes halogenated alkanes) is 10. The molecule has 0 saturated carbocycles. The highest BCUT2D eigenvalue weighted by Gasteiger charge is 2.16. The van der Waals surface area contributed by atoms with Crippen molar-refractivity contribution < 1.29 is 10.2 Å². The highest BCUT2D eigenvalue weighted by molar-refractivity contribution is 6.32. The molecule has 0 aliphatic heterocycles. The predicted molar refractivity (Wildman–Crippen MR) is 109 cm³/mol. The Labute approximate surface area is 159 Å². The van der Waals surface area contributed by atoms with Crippen LogP contribution in [0.2, 0.25) is 5.02 Å². The van der Waals surface area contributed by atoms with Gasteiger partial charge in [-0.05, 0) is 24.8 Å². The number of halogens is 1. The Morgan fingerprint density at radius 3 is 1.80 bits per heavy atom. The second kappa shape index (κ2) is 13.3. The van der Waals surface area contributed by atoms with Crippen molar-refractivity contribution in [2.75, 3.05) is 0 Å². The predicted octanol–water partition coefficient (Wildman–Crippen LogP) is 7.95. The molecule has 25 heavy (non-hydrogen) atoms. The van der Waals surface area contributed by atoms with Crippen LogP contribution in [0.1, 0.15) is 109 Å². The van der Waals surface area contributed by atoms with Crippen LogP contribution in [-0.4, -0.2) is 10.2 Å². The molecule has 0 radical (unpaired) electrons. The van der Waals surface area contributed by atoms with Crippen molar-refractivity contribution in [1.29, 1.82) is 0 Å². The van der Waals surface area contributed by atoms with Crippen molar-refractivity contribution in [3.05, 3.63) is 22.7 Å². The summed E-state index contributed by atoms with van der Waals surface area (Å²) < 4.78 is 0. The fourth-order valence-corrected chi connectivity index (χ4v) is 3.69. The number of phenolic OH excluding ortho intramolecular Hbond substituents is 2. The quantitative estimate of drug-likeness (QED) is 0.258. The Bertz CT molecular complexity index is 473. The molecule has 0 spiro atoms. The summed E-state index contributed by atoms with van der Waals surface area (Å²) in [6, 6.07) is 3.08. The highest BCUT2D eigenvalue weighted by Crippen LogP contribution is 2.38. The van der Waals surface area contributed by atoms with E-state index in [4.69, 9.17) is 11.6 Å². The molecule has 0 aliphatic carbocycles. The van der Waals surface area contributed by atoms with Gasteiger partial charge >= 0.3 is 0 Å². The second-order valence-corrected chi connectivity index (χ2v) is 7.70. The smallest absolute Gasteiger partial charge is 0.134 e. The van der Waals surface area contributed by atoms with E-state index >= 15 is 0 Å². The van der Waals surface area contributed by atoms with E-state index in [2.05, 4.69) is 13.8 Å². The fraction of sp³-hybridized carbons (Fsp3) is 0.727. The van der Waals surface area contributed by atoms with E-state index in [1.165, 1.54) is 76.7 Å². The van der Waals surface area contributed by atoms with Gasteiger partial charge in [0, 0.05) is 11.6 Å². The van der Waals surface area contributed by atoms with E-state index in [1.807, 2.05) is 0 Å². The largest absolute Gasteiger partial charge is 0.508 e. The molecule has 1 unspecified atom stereocenters. The molecule has 0 saturated heterocycles. The Kier molecular flexibility index (Phi) is 11.8. The fourth-order valence-electron chi connectivity index (χ4n) is 3.53. The van der Waals surface area contributed by atoms with E-state index < -0.39 is 0 Å². The van der Waals surface area contributed by atoms with Crippen LogP contribution >= 0.6 is 11.6 Å².